The summed E-state index contributed by atoms with van der Waals surface area (Å²) in [5, 5.41) is 0. The number of rotatable bonds is 7. The van der Waals surface area contributed by atoms with Crippen molar-refractivity contribution < 1.29 is 19.1 Å². The van der Waals surface area contributed by atoms with Crippen molar-refractivity contribution in [2.24, 2.45) is 5.41 Å². The second-order valence-corrected chi connectivity index (χ2v) is 6.50. The minimum atomic E-state index is -0.768. The molecule has 1 amide bonds. The molecule has 0 aromatic carbocycles. The number of carbonyl (C=O) groups excluding carboxylic acids is 2. The SMILES string of the molecule is COCCCCN(C)C(=O)C12CCC(OC)(CC1)CC2=O. The Balaban J connectivity index is 1.97. The van der Waals surface area contributed by atoms with Crippen LogP contribution in [0.3, 0.4) is 0 Å². The first-order valence-corrected chi connectivity index (χ1v) is 7.83. The molecule has 0 atom stereocenters. The Kier molecular flexibility index (Phi) is 5.04. The monoisotopic (exact) mass is 297 g/mol. The van der Waals surface area contributed by atoms with Crippen LogP contribution in [0.5, 0.6) is 0 Å². The lowest BCUT2D eigenvalue weighted by Crippen LogP contribution is -2.59. The van der Waals surface area contributed by atoms with Gasteiger partial charge in [-0.1, -0.05) is 0 Å². The summed E-state index contributed by atoms with van der Waals surface area (Å²) in [6.45, 7) is 1.40. The van der Waals surface area contributed by atoms with Crippen molar-refractivity contribution >= 4 is 11.7 Å². The van der Waals surface area contributed by atoms with Crippen molar-refractivity contribution in [2.45, 2.75) is 50.5 Å². The standard InChI is InChI=1S/C16H27NO4/c1-17(10-4-5-11-20-2)14(19)16-8-6-15(21-3,7-9-16)12-13(16)18/h4-12H2,1-3H3. The van der Waals surface area contributed by atoms with E-state index in [-0.39, 0.29) is 17.3 Å². The topological polar surface area (TPSA) is 55.8 Å². The molecule has 0 aromatic rings. The van der Waals surface area contributed by atoms with Crippen LogP contribution < -0.4 is 0 Å². The number of hydrogen-bond acceptors (Lipinski definition) is 4. The van der Waals surface area contributed by atoms with Crippen molar-refractivity contribution in [3.8, 4) is 0 Å². The van der Waals surface area contributed by atoms with Crippen molar-refractivity contribution in [3.05, 3.63) is 0 Å². The zero-order chi connectivity index (χ0) is 15.5. The smallest absolute Gasteiger partial charge is 0.236 e. The van der Waals surface area contributed by atoms with E-state index in [0.29, 0.717) is 32.4 Å². The molecule has 2 bridgehead atoms. The summed E-state index contributed by atoms with van der Waals surface area (Å²) in [7, 11) is 5.16. The van der Waals surface area contributed by atoms with E-state index >= 15 is 0 Å². The maximum absolute atomic E-state index is 12.8. The van der Waals surface area contributed by atoms with Gasteiger partial charge in [0, 0.05) is 40.8 Å². The van der Waals surface area contributed by atoms with Gasteiger partial charge in [0.25, 0.3) is 0 Å². The predicted molar refractivity (Wildman–Crippen MR) is 79.0 cm³/mol. The number of ketones is 1. The van der Waals surface area contributed by atoms with Gasteiger partial charge < -0.3 is 14.4 Å². The maximum Gasteiger partial charge on any atom is 0.236 e. The number of fused-ring (bicyclic) bond motifs is 3. The highest BCUT2D eigenvalue weighted by Crippen LogP contribution is 2.52. The number of methoxy groups -OCH3 is 2. The molecule has 120 valence electrons. The number of unbranched alkanes of at least 4 members (excludes halogenated alkanes) is 1. The summed E-state index contributed by atoms with van der Waals surface area (Å²) in [6, 6.07) is 0. The Bertz CT molecular complexity index is 399. The fourth-order valence-electron chi connectivity index (χ4n) is 3.72. The second kappa shape index (κ2) is 6.44. The third kappa shape index (κ3) is 2.99. The lowest BCUT2D eigenvalue weighted by Gasteiger charge is -2.51. The molecular formula is C16H27NO4. The Hall–Kier alpha value is -0.940. The third-order valence-corrected chi connectivity index (χ3v) is 5.31. The van der Waals surface area contributed by atoms with E-state index in [9.17, 15) is 9.59 Å². The van der Waals surface area contributed by atoms with E-state index in [1.807, 2.05) is 7.05 Å². The predicted octanol–water partition coefficient (Wildman–Crippen LogP) is 1.79. The summed E-state index contributed by atoms with van der Waals surface area (Å²) in [4.78, 5) is 27.0. The number of Topliss-reactive ketones (excluding diaryl/α,β-unsaturated/α-hetero) is 1. The van der Waals surface area contributed by atoms with Gasteiger partial charge in [0.1, 0.15) is 5.41 Å². The largest absolute Gasteiger partial charge is 0.385 e. The van der Waals surface area contributed by atoms with Gasteiger partial charge in [0.2, 0.25) is 5.91 Å². The first kappa shape index (κ1) is 16.4. The van der Waals surface area contributed by atoms with Crippen LogP contribution in [0.25, 0.3) is 0 Å². The second-order valence-electron chi connectivity index (χ2n) is 6.50. The Labute approximate surface area is 127 Å². The van der Waals surface area contributed by atoms with E-state index < -0.39 is 5.41 Å². The van der Waals surface area contributed by atoms with Crippen LogP contribution in [-0.2, 0) is 19.1 Å². The Morgan fingerprint density at radius 3 is 2.38 bits per heavy atom. The molecule has 0 N–H and O–H groups in total. The summed E-state index contributed by atoms with van der Waals surface area (Å²) in [5.74, 6) is 0.0879. The van der Waals surface area contributed by atoms with Crippen molar-refractivity contribution in [2.75, 3.05) is 34.4 Å². The molecule has 3 aliphatic carbocycles. The summed E-state index contributed by atoms with van der Waals surface area (Å²) >= 11 is 0. The minimum absolute atomic E-state index is 0.00863. The lowest BCUT2D eigenvalue weighted by atomic mass is 9.57. The van der Waals surface area contributed by atoms with Crippen LogP contribution in [0.4, 0.5) is 0 Å². The zero-order valence-corrected chi connectivity index (χ0v) is 13.4. The number of ether oxygens (including phenoxy) is 2. The van der Waals surface area contributed by atoms with Gasteiger partial charge in [-0.15, -0.1) is 0 Å². The first-order chi connectivity index (χ1) is 9.99. The number of hydrogen-bond donors (Lipinski definition) is 0. The Morgan fingerprint density at radius 1 is 1.19 bits per heavy atom. The first-order valence-electron chi connectivity index (χ1n) is 7.83. The summed E-state index contributed by atoms with van der Waals surface area (Å²) in [6.07, 6.45) is 5.15. The molecule has 5 heteroatoms. The van der Waals surface area contributed by atoms with Crippen LogP contribution in [0.1, 0.15) is 44.9 Å². The quantitative estimate of drug-likeness (QED) is 0.531. The average Bonchev–Trinajstić information content (AvgIpc) is 2.51. The molecule has 0 heterocycles. The average molecular weight is 297 g/mol. The van der Waals surface area contributed by atoms with Gasteiger partial charge in [-0.25, -0.2) is 0 Å². The highest BCUT2D eigenvalue weighted by molar-refractivity contribution is 6.07. The van der Waals surface area contributed by atoms with Crippen LogP contribution in [0.15, 0.2) is 0 Å². The van der Waals surface area contributed by atoms with E-state index in [1.165, 1.54) is 0 Å². The number of carbonyl (C=O) groups is 2. The number of nitrogens with zero attached hydrogens (tertiary/aromatic N) is 1. The zero-order valence-electron chi connectivity index (χ0n) is 13.4. The molecule has 5 nitrogen and oxygen atoms in total. The molecule has 0 saturated heterocycles. The molecule has 3 fully saturated rings. The molecule has 21 heavy (non-hydrogen) atoms. The van der Waals surface area contributed by atoms with E-state index in [2.05, 4.69) is 0 Å². The van der Waals surface area contributed by atoms with E-state index in [4.69, 9.17) is 9.47 Å². The van der Waals surface area contributed by atoms with Gasteiger partial charge in [-0.2, -0.15) is 0 Å². The fourth-order valence-corrected chi connectivity index (χ4v) is 3.72. The highest BCUT2D eigenvalue weighted by Gasteiger charge is 2.58. The fraction of sp³-hybridized carbons (Fsp3) is 0.875. The molecule has 0 unspecified atom stereocenters. The van der Waals surface area contributed by atoms with Gasteiger partial charge >= 0.3 is 0 Å². The van der Waals surface area contributed by atoms with Crippen LogP contribution >= 0.6 is 0 Å². The molecule has 0 spiro atoms. The van der Waals surface area contributed by atoms with Crippen LogP contribution in [0, 0.1) is 5.41 Å². The van der Waals surface area contributed by atoms with Gasteiger partial charge in [-0.3, -0.25) is 9.59 Å². The molecule has 0 aliphatic heterocycles. The lowest BCUT2D eigenvalue weighted by molar-refractivity contribution is -0.171. The maximum atomic E-state index is 12.8. The van der Waals surface area contributed by atoms with Crippen molar-refractivity contribution in [1.29, 1.82) is 0 Å². The normalized spacial score (nSPS) is 31.5. The van der Waals surface area contributed by atoms with Crippen LogP contribution in [-0.4, -0.2) is 56.6 Å². The van der Waals surface area contributed by atoms with Crippen molar-refractivity contribution in [1.82, 2.24) is 4.90 Å². The van der Waals surface area contributed by atoms with Gasteiger partial charge in [0.05, 0.1) is 5.60 Å². The molecule has 0 radical (unpaired) electrons. The van der Waals surface area contributed by atoms with Crippen molar-refractivity contribution in [3.63, 3.8) is 0 Å². The molecule has 3 aliphatic rings. The minimum Gasteiger partial charge on any atom is -0.385 e. The Morgan fingerprint density at radius 2 is 1.86 bits per heavy atom. The van der Waals surface area contributed by atoms with Crippen LogP contribution in [0.2, 0.25) is 0 Å². The summed E-state index contributed by atoms with van der Waals surface area (Å²) < 4.78 is 10.6. The van der Waals surface area contributed by atoms with E-state index in [0.717, 1.165) is 25.7 Å². The number of amides is 1. The van der Waals surface area contributed by atoms with Gasteiger partial charge in [-0.05, 0) is 38.5 Å². The molecule has 3 rings (SSSR count). The van der Waals surface area contributed by atoms with E-state index in [1.54, 1.807) is 19.1 Å². The molecule has 3 saturated carbocycles. The third-order valence-electron chi connectivity index (χ3n) is 5.31. The van der Waals surface area contributed by atoms with Gasteiger partial charge in [0.15, 0.2) is 5.78 Å². The highest BCUT2D eigenvalue weighted by atomic mass is 16.5. The molecular weight excluding hydrogens is 270 g/mol. The summed E-state index contributed by atoms with van der Waals surface area (Å²) in [5.41, 5.74) is -1.06. The molecule has 0 aromatic heterocycles.